The van der Waals surface area contributed by atoms with E-state index in [-0.39, 0.29) is 5.91 Å². The molecule has 1 aromatic carbocycles. The summed E-state index contributed by atoms with van der Waals surface area (Å²) in [4.78, 5) is 16.9. The van der Waals surface area contributed by atoms with Gasteiger partial charge in [0.2, 0.25) is 0 Å². The van der Waals surface area contributed by atoms with E-state index < -0.39 is 0 Å². The molecule has 0 fully saturated rings. The number of hydrogen-bond acceptors (Lipinski definition) is 4. The maximum absolute atomic E-state index is 12.3. The highest BCUT2D eigenvalue weighted by molar-refractivity contribution is 6.10. The Hall–Kier alpha value is -2.94. The van der Waals surface area contributed by atoms with Crippen molar-refractivity contribution < 1.29 is 4.79 Å². The lowest BCUT2D eigenvalue weighted by molar-refractivity contribution is 0.0950. The molecule has 0 atom stereocenters. The fourth-order valence-corrected chi connectivity index (χ4v) is 2.49. The van der Waals surface area contributed by atoms with Crippen LogP contribution in [0.4, 0.5) is 5.69 Å². The number of rotatable bonds is 2. The number of fused-ring (bicyclic) bond motifs is 1. The number of nitrogens with one attached hydrogen (secondary N) is 1. The van der Waals surface area contributed by atoms with Crippen LogP contribution in [-0.2, 0) is 6.54 Å². The number of hydrogen-bond donors (Lipinski definition) is 1. The van der Waals surface area contributed by atoms with Gasteiger partial charge in [0.25, 0.3) is 5.91 Å². The van der Waals surface area contributed by atoms with Crippen molar-refractivity contribution in [1.82, 2.24) is 15.1 Å². The summed E-state index contributed by atoms with van der Waals surface area (Å²) >= 11 is 0. The molecule has 3 rings (SSSR count). The van der Waals surface area contributed by atoms with Crippen LogP contribution in [-0.4, -0.2) is 27.9 Å². The SMILES string of the molecule is CCn1nc(C)c2c1C(=O)NCC(c1ccc(C#N)cc1)=N2. The number of nitriles is 1. The fraction of sp³-hybridized carbons (Fsp3) is 0.250. The van der Waals surface area contributed by atoms with Crippen LogP contribution in [0.2, 0.25) is 0 Å². The molecule has 0 radical (unpaired) electrons. The highest BCUT2D eigenvalue weighted by Gasteiger charge is 2.24. The lowest BCUT2D eigenvalue weighted by Gasteiger charge is -2.06. The predicted molar refractivity (Wildman–Crippen MR) is 82.3 cm³/mol. The summed E-state index contributed by atoms with van der Waals surface area (Å²) in [5.41, 5.74) is 4.10. The van der Waals surface area contributed by atoms with Crippen LogP contribution in [0.5, 0.6) is 0 Å². The summed E-state index contributed by atoms with van der Waals surface area (Å²) in [6, 6.07) is 9.26. The Kier molecular flexibility index (Phi) is 3.47. The normalized spacial score (nSPS) is 13.7. The molecule has 2 heterocycles. The lowest BCUT2D eigenvalue weighted by Crippen LogP contribution is -2.29. The molecule has 2 aromatic rings. The zero-order valence-corrected chi connectivity index (χ0v) is 12.4. The molecule has 1 N–H and O–H groups in total. The summed E-state index contributed by atoms with van der Waals surface area (Å²) in [6.45, 7) is 4.76. The Morgan fingerprint density at radius 1 is 1.36 bits per heavy atom. The summed E-state index contributed by atoms with van der Waals surface area (Å²) in [7, 11) is 0. The van der Waals surface area contributed by atoms with Gasteiger partial charge in [-0.1, -0.05) is 12.1 Å². The van der Waals surface area contributed by atoms with Gasteiger partial charge in [-0.15, -0.1) is 0 Å². The molecule has 1 aliphatic heterocycles. The van der Waals surface area contributed by atoms with E-state index in [4.69, 9.17) is 5.26 Å². The maximum Gasteiger partial charge on any atom is 0.272 e. The zero-order valence-electron chi connectivity index (χ0n) is 12.4. The maximum atomic E-state index is 12.3. The second-order valence-electron chi connectivity index (χ2n) is 5.03. The minimum Gasteiger partial charge on any atom is -0.345 e. The van der Waals surface area contributed by atoms with E-state index in [1.165, 1.54) is 0 Å². The Morgan fingerprint density at radius 2 is 2.09 bits per heavy atom. The van der Waals surface area contributed by atoms with Crippen molar-refractivity contribution in [2.24, 2.45) is 4.99 Å². The molecule has 0 saturated carbocycles. The smallest absolute Gasteiger partial charge is 0.272 e. The number of aryl methyl sites for hydroxylation is 2. The van der Waals surface area contributed by atoms with Crippen molar-refractivity contribution in [3.8, 4) is 6.07 Å². The third-order valence-electron chi connectivity index (χ3n) is 3.62. The quantitative estimate of drug-likeness (QED) is 0.918. The van der Waals surface area contributed by atoms with Crippen LogP contribution in [0.1, 0.15) is 34.2 Å². The lowest BCUT2D eigenvalue weighted by atomic mass is 10.1. The monoisotopic (exact) mass is 293 g/mol. The van der Waals surface area contributed by atoms with Gasteiger partial charge in [0, 0.05) is 6.54 Å². The average Bonchev–Trinajstić information content (AvgIpc) is 2.75. The molecular weight excluding hydrogens is 278 g/mol. The third-order valence-corrected chi connectivity index (χ3v) is 3.62. The van der Waals surface area contributed by atoms with Gasteiger partial charge < -0.3 is 5.32 Å². The van der Waals surface area contributed by atoms with E-state index in [9.17, 15) is 4.79 Å². The number of aliphatic imine (C=N–C) groups is 1. The number of aromatic nitrogens is 2. The minimum atomic E-state index is -0.162. The summed E-state index contributed by atoms with van der Waals surface area (Å²) < 4.78 is 1.67. The van der Waals surface area contributed by atoms with Gasteiger partial charge in [-0.3, -0.25) is 9.48 Å². The van der Waals surface area contributed by atoms with Crippen LogP contribution in [0, 0.1) is 18.3 Å². The molecular formula is C16H15N5O. The van der Waals surface area contributed by atoms with Crippen LogP contribution < -0.4 is 5.32 Å². The number of benzene rings is 1. The van der Waals surface area contributed by atoms with Crippen LogP contribution in [0.15, 0.2) is 29.3 Å². The van der Waals surface area contributed by atoms with Crippen LogP contribution >= 0.6 is 0 Å². The van der Waals surface area contributed by atoms with Crippen molar-refractivity contribution in [2.75, 3.05) is 6.54 Å². The van der Waals surface area contributed by atoms with E-state index in [1.54, 1.807) is 16.8 Å². The van der Waals surface area contributed by atoms with E-state index in [0.29, 0.717) is 30.0 Å². The molecule has 22 heavy (non-hydrogen) atoms. The number of carbonyl (C=O) groups excluding carboxylic acids is 1. The van der Waals surface area contributed by atoms with Crippen LogP contribution in [0.3, 0.4) is 0 Å². The first-order valence-electron chi connectivity index (χ1n) is 7.07. The first-order valence-corrected chi connectivity index (χ1v) is 7.07. The molecule has 0 unspecified atom stereocenters. The molecule has 0 saturated heterocycles. The second kappa shape index (κ2) is 5.45. The van der Waals surface area contributed by atoms with Gasteiger partial charge >= 0.3 is 0 Å². The standard InChI is InChI=1S/C16H15N5O/c1-3-21-15-14(10(2)20-21)19-13(9-18-16(15)22)12-6-4-11(8-17)5-7-12/h4-7H,3,9H2,1-2H3,(H,18,22). The molecule has 1 aromatic heterocycles. The van der Waals surface area contributed by atoms with E-state index in [2.05, 4.69) is 21.5 Å². The number of carbonyl (C=O) groups is 1. The van der Waals surface area contributed by atoms with Gasteiger partial charge in [0.1, 0.15) is 5.69 Å². The average molecular weight is 293 g/mol. The zero-order chi connectivity index (χ0) is 15.7. The largest absolute Gasteiger partial charge is 0.345 e. The van der Waals surface area contributed by atoms with Gasteiger partial charge in [-0.2, -0.15) is 10.4 Å². The molecule has 6 nitrogen and oxygen atoms in total. The topological polar surface area (TPSA) is 83.1 Å². The Labute approximate surface area is 128 Å². The van der Waals surface area contributed by atoms with Crippen molar-refractivity contribution in [2.45, 2.75) is 20.4 Å². The van der Waals surface area contributed by atoms with Crippen molar-refractivity contribution in [1.29, 1.82) is 5.26 Å². The Bertz CT molecular complexity index is 808. The Balaban J connectivity index is 2.10. The molecule has 0 aliphatic carbocycles. The molecule has 0 spiro atoms. The molecule has 1 aliphatic rings. The van der Waals surface area contributed by atoms with Crippen molar-refractivity contribution in [3.63, 3.8) is 0 Å². The van der Waals surface area contributed by atoms with E-state index in [0.717, 1.165) is 17.0 Å². The van der Waals surface area contributed by atoms with Crippen molar-refractivity contribution >= 4 is 17.3 Å². The Morgan fingerprint density at radius 3 is 2.73 bits per heavy atom. The van der Waals surface area contributed by atoms with E-state index >= 15 is 0 Å². The van der Waals surface area contributed by atoms with Crippen molar-refractivity contribution in [3.05, 3.63) is 46.8 Å². The minimum absolute atomic E-state index is 0.162. The summed E-state index contributed by atoms with van der Waals surface area (Å²) in [5.74, 6) is -0.162. The summed E-state index contributed by atoms with van der Waals surface area (Å²) in [5, 5.41) is 16.1. The van der Waals surface area contributed by atoms with Gasteiger partial charge in [-0.25, -0.2) is 4.99 Å². The van der Waals surface area contributed by atoms with Gasteiger partial charge in [0.15, 0.2) is 5.69 Å². The number of nitrogens with zero attached hydrogens (tertiary/aromatic N) is 4. The van der Waals surface area contributed by atoms with E-state index in [1.807, 2.05) is 26.0 Å². The summed E-state index contributed by atoms with van der Waals surface area (Å²) in [6.07, 6.45) is 0. The first-order chi connectivity index (χ1) is 10.6. The third kappa shape index (κ3) is 2.27. The molecule has 6 heteroatoms. The molecule has 110 valence electrons. The second-order valence-corrected chi connectivity index (χ2v) is 5.03. The van der Waals surface area contributed by atoms with Gasteiger partial charge in [-0.05, 0) is 31.5 Å². The first kappa shape index (κ1) is 14.0. The molecule has 0 bridgehead atoms. The number of amides is 1. The fourth-order valence-electron chi connectivity index (χ4n) is 2.49. The highest BCUT2D eigenvalue weighted by atomic mass is 16.2. The predicted octanol–water partition coefficient (Wildman–Crippen LogP) is 1.95. The molecule has 1 amide bonds. The highest BCUT2D eigenvalue weighted by Crippen LogP contribution is 2.26. The van der Waals surface area contributed by atoms with Gasteiger partial charge in [0.05, 0.1) is 29.6 Å². The van der Waals surface area contributed by atoms with Crippen LogP contribution in [0.25, 0.3) is 0 Å².